The summed E-state index contributed by atoms with van der Waals surface area (Å²) in [6, 6.07) is 0. The molecule has 1 aromatic heterocycles. The van der Waals surface area contributed by atoms with E-state index in [9.17, 15) is 9.59 Å². The van der Waals surface area contributed by atoms with Gasteiger partial charge in [-0.05, 0) is 38.2 Å². The lowest BCUT2D eigenvalue weighted by Crippen LogP contribution is -2.50. The number of hydrogen-bond acceptors (Lipinski definition) is 5. The lowest BCUT2D eigenvalue weighted by Gasteiger charge is -2.28. The third-order valence-corrected chi connectivity index (χ3v) is 5.94. The van der Waals surface area contributed by atoms with Gasteiger partial charge in [-0.3, -0.25) is 4.79 Å². The minimum Gasteiger partial charge on any atom is -0.462 e. The molecule has 0 bridgehead atoms. The largest absolute Gasteiger partial charge is 0.462 e. The average Bonchev–Trinajstić information content (AvgIpc) is 2.91. The molecule has 0 spiro atoms. The number of rotatable bonds is 6. The first-order valence-electron chi connectivity index (χ1n) is 8.60. The maximum atomic E-state index is 12.5. The molecule has 1 aliphatic rings. The molecule has 146 valence electrons. The Labute approximate surface area is 172 Å². The lowest BCUT2D eigenvalue weighted by molar-refractivity contribution is -0.124. The minimum atomic E-state index is -1.79. The molecule has 1 heterocycles. The molecule has 0 fully saturated rings. The van der Waals surface area contributed by atoms with Gasteiger partial charge in [0.2, 0.25) is 9.70 Å². The molecule has 1 aliphatic carbocycles. The minimum absolute atomic E-state index is 0.257. The zero-order valence-corrected chi connectivity index (χ0v) is 18.0. The molecule has 9 heteroatoms. The fourth-order valence-electron chi connectivity index (χ4n) is 2.73. The summed E-state index contributed by atoms with van der Waals surface area (Å²) < 4.78 is 3.43. The maximum absolute atomic E-state index is 12.5. The van der Waals surface area contributed by atoms with Gasteiger partial charge in [0.1, 0.15) is 11.2 Å². The predicted octanol–water partition coefficient (Wildman–Crippen LogP) is 4.68. The number of carbonyl (C=O) groups excluding carboxylic acids is 2. The van der Waals surface area contributed by atoms with Gasteiger partial charge in [0.05, 0.1) is 12.2 Å². The van der Waals surface area contributed by atoms with Crippen molar-refractivity contribution in [3.63, 3.8) is 0 Å². The van der Waals surface area contributed by atoms with Crippen LogP contribution in [0.5, 0.6) is 0 Å². The van der Waals surface area contributed by atoms with Crippen LogP contribution in [0.3, 0.4) is 0 Å². The van der Waals surface area contributed by atoms with Crippen molar-refractivity contribution in [2.24, 2.45) is 5.92 Å². The highest BCUT2D eigenvalue weighted by Crippen LogP contribution is 2.40. The number of fused-ring (bicyclic) bond motifs is 1. The Kier molecular flexibility index (Phi) is 7.48. The Balaban J connectivity index is 2.37. The van der Waals surface area contributed by atoms with Gasteiger partial charge in [0.15, 0.2) is 0 Å². The summed E-state index contributed by atoms with van der Waals surface area (Å²) in [6.07, 6.45) is 2.85. The van der Waals surface area contributed by atoms with Crippen molar-refractivity contribution in [2.75, 3.05) is 11.9 Å². The number of thiophene rings is 1. The topological polar surface area (TPSA) is 67.4 Å². The van der Waals surface area contributed by atoms with Gasteiger partial charge in [0.25, 0.3) is 0 Å². The first kappa shape index (κ1) is 21.6. The third kappa shape index (κ3) is 5.18. The summed E-state index contributed by atoms with van der Waals surface area (Å²) in [5.74, 6) is -0.923. The van der Waals surface area contributed by atoms with Gasteiger partial charge in [-0.15, -0.1) is 11.3 Å². The number of alkyl halides is 3. The summed E-state index contributed by atoms with van der Waals surface area (Å²) in [6.45, 7) is 5.54. The van der Waals surface area contributed by atoms with E-state index in [0.29, 0.717) is 10.6 Å². The van der Waals surface area contributed by atoms with E-state index in [4.69, 9.17) is 39.5 Å². The monoisotopic (exact) mass is 440 g/mol. The number of nitrogens with one attached hydrogen (secondary N) is 2. The van der Waals surface area contributed by atoms with Crippen molar-refractivity contribution in [1.82, 2.24) is 5.32 Å². The lowest BCUT2D eigenvalue weighted by atomic mass is 9.95. The van der Waals surface area contributed by atoms with E-state index in [-0.39, 0.29) is 18.4 Å². The van der Waals surface area contributed by atoms with Gasteiger partial charge < -0.3 is 15.4 Å². The molecule has 26 heavy (non-hydrogen) atoms. The van der Waals surface area contributed by atoms with Crippen molar-refractivity contribution < 1.29 is 14.3 Å². The molecule has 0 aromatic carbocycles. The summed E-state index contributed by atoms with van der Waals surface area (Å²) >= 11 is 19.6. The normalized spacial score (nSPS) is 15.3. The smallest absolute Gasteiger partial charge is 0.341 e. The Morgan fingerprint density at radius 2 is 1.88 bits per heavy atom. The maximum Gasteiger partial charge on any atom is 0.341 e. The Morgan fingerprint density at radius 1 is 1.23 bits per heavy atom. The number of ether oxygens (including phenoxy) is 1. The first-order valence-corrected chi connectivity index (χ1v) is 10.6. The van der Waals surface area contributed by atoms with Crippen LogP contribution in [0.4, 0.5) is 5.00 Å². The van der Waals surface area contributed by atoms with Crippen molar-refractivity contribution in [2.45, 2.75) is 56.4 Å². The van der Waals surface area contributed by atoms with E-state index in [2.05, 4.69) is 10.6 Å². The summed E-state index contributed by atoms with van der Waals surface area (Å²) in [4.78, 5) is 25.7. The SMILES string of the molecule is CCOC(=O)c1c(NC(NC(=O)C(C)C)C(Cl)(Cl)Cl)sc2c1CCCC2. The molecule has 0 saturated carbocycles. The van der Waals surface area contributed by atoms with Crippen molar-refractivity contribution in [1.29, 1.82) is 0 Å². The molecule has 0 radical (unpaired) electrons. The van der Waals surface area contributed by atoms with Crippen molar-refractivity contribution in [3.05, 3.63) is 16.0 Å². The zero-order valence-electron chi connectivity index (χ0n) is 15.0. The highest BCUT2D eigenvalue weighted by atomic mass is 35.6. The fraction of sp³-hybridized carbons (Fsp3) is 0.647. The van der Waals surface area contributed by atoms with Gasteiger partial charge in [0, 0.05) is 10.8 Å². The molecule has 0 saturated heterocycles. The van der Waals surface area contributed by atoms with Gasteiger partial charge in [-0.1, -0.05) is 48.7 Å². The van der Waals surface area contributed by atoms with Crippen molar-refractivity contribution >= 4 is 63.0 Å². The zero-order chi connectivity index (χ0) is 19.5. The second-order valence-corrected chi connectivity index (χ2v) is 9.89. The molecule has 1 aromatic rings. The molecule has 1 amide bonds. The van der Waals surface area contributed by atoms with Crippen LogP contribution in [-0.2, 0) is 22.4 Å². The summed E-state index contributed by atoms with van der Waals surface area (Å²) in [7, 11) is 0. The molecule has 0 aliphatic heterocycles. The van der Waals surface area contributed by atoms with Crippen LogP contribution in [0.2, 0.25) is 0 Å². The third-order valence-electron chi connectivity index (χ3n) is 4.06. The van der Waals surface area contributed by atoms with Gasteiger partial charge in [-0.2, -0.15) is 0 Å². The Bertz CT molecular complexity index is 671. The number of halogens is 3. The van der Waals surface area contributed by atoms with Crippen LogP contribution in [0.1, 0.15) is 54.4 Å². The van der Waals surface area contributed by atoms with E-state index in [1.165, 1.54) is 11.3 Å². The quantitative estimate of drug-likeness (QED) is 0.382. The number of hydrogen-bond donors (Lipinski definition) is 2. The Morgan fingerprint density at radius 3 is 2.46 bits per heavy atom. The van der Waals surface area contributed by atoms with Crippen LogP contribution < -0.4 is 10.6 Å². The molecular weight excluding hydrogens is 419 g/mol. The molecule has 2 rings (SSSR count). The van der Waals surface area contributed by atoms with Crippen LogP contribution in [0.25, 0.3) is 0 Å². The van der Waals surface area contributed by atoms with E-state index in [1.807, 2.05) is 0 Å². The average molecular weight is 442 g/mol. The molecule has 5 nitrogen and oxygen atoms in total. The van der Waals surface area contributed by atoms with E-state index >= 15 is 0 Å². The predicted molar refractivity (Wildman–Crippen MR) is 108 cm³/mol. The highest BCUT2D eigenvalue weighted by Gasteiger charge is 2.37. The Hall–Kier alpha value is -0.690. The van der Waals surface area contributed by atoms with Gasteiger partial charge >= 0.3 is 5.97 Å². The molecule has 1 atom stereocenters. The highest BCUT2D eigenvalue weighted by molar-refractivity contribution is 7.16. The standard InChI is InChI=1S/C17H23Cl3N2O3S/c1-4-25-15(24)12-10-7-5-6-8-11(10)26-14(12)22-16(17(18,19)20)21-13(23)9(2)3/h9,16,22H,4-8H2,1-3H3,(H,21,23). The van der Waals surface area contributed by atoms with E-state index in [0.717, 1.165) is 36.1 Å². The fourth-order valence-corrected chi connectivity index (χ4v) is 4.36. The van der Waals surface area contributed by atoms with Crippen molar-refractivity contribution in [3.8, 4) is 0 Å². The summed E-state index contributed by atoms with van der Waals surface area (Å²) in [5.41, 5.74) is 1.49. The van der Waals surface area contributed by atoms with E-state index in [1.54, 1.807) is 20.8 Å². The van der Waals surface area contributed by atoms with Crippen LogP contribution in [0, 0.1) is 5.92 Å². The van der Waals surface area contributed by atoms with E-state index < -0.39 is 15.9 Å². The second kappa shape index (κ2) is 9.00. The number of esters is 1. The first-order chi connectivity index (χ1) is 12.1. The van der Waals surface area contributed by atoms with Gasteiger partial charge in [-0.25, -0.2) is 4.79 Å². The number of carbonyl (C=O) groups is 2. The van der Waals surface area contributed by atoms with Crippen LogP contribution in [-0.4, -0.2) is 28.4 Å². The van der Waals surface area contributed by atoms with Crippen LogP contribution in [0.15, 0.2) is 0 Å². The molecular formula is C17H23Cl3N2O3S. The second-order valence-electron chi connectivity index (χ2n) is 6.42. The number of anilines is 1. The number of aryl methyl sites for hydroxylation is 1. The summed E-state index contributed by atoms with van der Waals surface area (Å²) in [5, 5.41) is 6.32. The number of amides is 1. The molecule has 1 unspecified atom stereocenters. The van der Waals surface area contributed by atoms with Crippen LogP contribution >= 0.6 is 46.1 Å². The molecule has 2 N–H and O–H groups in total.